The van der Waals surface area contributed by atoms with Crippen LogP contribution in [0.3, 0.4) is 0 Å². The Labute approximate surface area is 134 Å². The Bertz CT molecular complexity index is 694. The fourth-order valence-electron chi connectivity index (χ4n) is 3.68. The predicted molar refractivity (Wildman–Crippen MR) is 84.2 cm³/mol. The summed E-state index contributed by atoms with van der Waals surface area (Å²) in [5.41, 5.74) is 2.71. The average molecular weight is 313 g/mol. The van der Waals surface area contributed by atoms with Gasteiger partial charge in [0.05, 0.1) is 11.4 Å². The Morgan fingerprint density at radius 2 is 1.91 bits per heavy atom. The van der Waals surface area contributed by atoms with Gasteiger partial charge in [-0.3, -0.25) is 0 Å². The Balaban J connectivity index is 1.76. The number of hydrogen-bond donors (Lipinski definition) is 0. The van der Waals surface area contributed by atoms with E-state index in [-0.39, 0.29) is 0 Å². The van der Waals surface area contributed by atoms with Gasteiger partial charge in [0.15, 0.2) is 5.69 Å². The van der Waals surface area contributed by atoms with Crippen molar-refractivity contribution in [1.82, 2.24) is 20.0 Å². The average Bonchev–Trinajstić information content (AvgIpc) is 3.18. The normalized spacial score (nSPS) is 18.9. The maximum absolute atomic E-state index is 9.39. The van der Waals surface area contributed by atoms with E-state index >= 15 is 0 Å². The van der Waals surface area contributed by atoms with Crippen LogP contribution in [0.2, 0.25) is 0 Å². The summed E-state index contributed by atoms with van der Waals surface area (Å²) < 4.78 is 1.86. The Kier molecular flexibility index (Phi) is 3.67. The maximum atomic E-state index is 9.39. The van der Waals surface area contributed by atoms with Gasteiger partial charge in [0.25, 0.3) is 0 Å². The minimum Gasteiger partial charge on any atom is -0.223 e. The molecule has 114 valence electrons. The van der Waals surface area contributed by atoms with E-state index in [0.717, 1.165) is 36.5 Å². The maximum Gasteiger partial charge on any atom is 0.212 e. The second kappa shape index (κ2) is 5.81. The molecule has 2 aliphatic rings. The lowest BCUT2D eigenvalue weighted by Crippen LogP contribution is -2.12. The van der Waals surface area contributed by atoms with Gasteiger partial charge in [0, 0.05) is 10.8 Å². The van der Waals surface area contributed by atoms with E-state index in [0.29, 0.717) is 11.6 Å². The lowest BCUT2D eigenvalue weighted by Gasteiger charge is -2.21. The summed E-state index contributed by atoms with van der Waals surface area (Å²) in [7, 11) is 0. The molecule has 4 rings (SSSR count). The van der Waals surface area contributed by atoms with Crippen molar-refractivity contribution in [2.75, 3.05) is 0 Å². The zero-order chi connectivity index (χ0) is 14.9. The molecule has 2 aromatic heterocycles. The lowest BCUT2D eigenvalue weighted by molar-refractivity contribution is 0.429. The van der Waals surface area contributed by atoms with E-state index in [1.54, 1.807) is 11.3 Å². The van der Waals surface area contributed by atoms with Gasteiger partial charge in [-0.25, -0.2) is 4.98 Å². The Morgan fingerprint density at radius 1 is 1.09 bits per heavy atom. The first-order chi connectivity index (χ1) is 10.9. The molecular weight excluding hydrogens is 294 g/mol. The number of nitrogens with zero attached hydrogens (tertiary/aromatic N) is 5. The second-order valence-corrected chi connectivity index (χ2v) is 7.32. The molecule has 0 unspecified atom stereocenters. The molecule has 0 aromatic carbocycles. The van der Waals surface area contributed by atoms with E-state index in [4.69, 9.17) is 4.98 Å². The Hall–Kier alpha value is -1.74. The third kappa shape index (κ3) is 2.34. The lowest BCUT2D eigenvalue weighted by atomic mass is 9.86. The van der Waals surface area contributed by atoms with Crippen LogP contribution in [0.25, 0.3) is 5.13 Å². The molecule has 1 saturated carbocycles. The predicted octanol–water partition coefficient (Wildman–Crippen LogP) is 3.52. The number of fused-ring (bicyclic) bond motifs is 1. The highest BCUT2D eigenvalue weighted by atomic mass is 32.1. The fraction of sp³-hybridized carbons (Fsp3) is 0.625. The number of rotatable bonds is 2. The van der Waals surface area contributed by atoms with Crippen molar-refractivity contribution in [2.24, 2.45) is 0 Å². The highest BCUT2D eigenvalue weighted by molar-refractivity contribution is 7.14. The molecule has 2 heterocycles. The van der Waals surface area contributed by atoms with E-state index in [2.05, 4.69) is 16.4 Å². The topological polar surface area (TPSA) is 67.4 Å². The monoisotopic (exact) mass is 313 g/mol. The van der Waals surface area contributed by atoms with Crippen LogP contribution in [0.1, 0.15) is 72.8 Å². The van der Waals surface area contributed by atoms with Crippen LogP contribution in [0.4, 0.5) is 0 Å². The summed E-state index contributed by atoms with van der Waals surface area (Å²) in [5.74, 6) is 0.402. The summed E-state index contributed by atoms with van der Waals surface area (Å²) in [6, 6.07) is 2.23. The fourth-order valence-corrected chi connectivity index (χ4v) is 4.79. The molecule has 1 fully saturated rings. The van der Waals surface area contributed by atoms with Crippen molar-refractivity contribution in [3.63, 3.8) is 0 Å². The third-order valence-electron chi connectivity index (χ3n) is 4.82. The van der Waals surface area contributed by atoms with Crippen molar-refractivity contribution in [3.05, 3.63) is 22.0 Å². The smallest absolute Gasteiger partial charge is 0.212 e. The molecule has 6 heteroatoms. The highest BCUT2D eigenvalue weighted by Gasteiger charge is 2.27. The number of hydrogen-bond acceptors (Lipinski definition) is 5. The number of aromatic nitrogens is 4. The quantitative estimate of drug-likeness (QED) is 0.850. The van der Waals surface area contributed by atoms with Gasteiger partial charge >= 0.3 is 0 Å². The molecular formula is C16H19N5S. The van der Waals surface area contributed by atoms with Gasteiger partial charge in [-0.2, -0.15) is 9.94 Å². The van der Waals surface area contributed by atoms with E-state index in [1.807, 2.05) is 4.68 Å². The van der Waals surface area contributed by atoms with Crippen molar-refractivity contribution in [2.45, 2.75) is 63.7 Å². The van der Waals surface area contributed by atoms with Gasteiger partial charge in [-0.15, -0.1) is 5.10 Å². The third-order valence-corrected chi connectivity index (χ3v) is 5.95. The second-order valence-electron chi connectivity index (χ2n) is 6.26. The van der Waals surface area contributed by atoms with Crippen molar-refractivity contribution >= 4 is 11.3 Å². The Morgan fingerprint density at radius 3 is 2.68 bits per heavy atom. The van der Waals surface area contributed by atoms with Crippen molar-refractivity contribution in [1.29, 1.82) is 5.26 Å². The molecule has 0 radical (unpaired) electrons. The molecule has 0 amide bonds. The first-order valence-corrected chi connectivity index (χ1v) is 9.03. The van der Waals surface area contributed by atoms with Gasteiger partial charge < -0.3 is 0 Å². The van der Waals surface area contributed by atoms with Crippen LogP contribution >= 0.6 is 11.3 Å². The minimum atomic E-state index is 0.402. The molecule has 5 nitrogen and oxygen atoms in total. The number of nitriles is 1. The first kappa shape index (κ1) is 13.9. The highest BCUT2D eigenvalue weighted by Crippen LogP contribution is 2.36. The van der Waals surface area contributed by atoms with Gasteiger partial charge in [0.1, 0.15) is 6.07 Å². The molecule has 0 aliphatic heterocycles. The summed E-state index contributed by atoms with van der Waals surface area (Å²) in [5, 5.41) is 18.7. The van der Waals surface area contributed by atoms with Crippen LogP contribution in [0.15, 0.2) is 0 Å². The molecule has 0 spiro atoms. The minimum absolute atomic E-state index is 0.402. The van der Waals surface area contributed by atoms with Crippen LogP contribution in [-0.2, 0) is 12.8 Å². The standard InChI is InChI=1S/C16H19N5S/c17-10-13-15(11-6-2-1-3-7-11)21(20-19-13)16-18-12-8-4-5-9-14(12)22-16/h11H,1-9H2. The van der Waals surface area contributed by atoms with E-state index < -0.39 is 0 Å². The van der Waals surface area contributed by atoms with Crippen LogP contribution in [0.5, 0.6) is 0 Å². The molecule has 22 heavy (non-hydrogen) atoms. The molecule has 2 aromatic rings. The zero-order valence-electron chi connectivity index (χ0n) is 12.6. The summed E-state index contributed by atoms with van der Waals surface area (Å²) in [6.45, 7) is 0. The zero-order valence-corrected chi connectivity index (χ0v) is 13.4. The van der Waals surface area contributed by atoms with Gasteiger partial charge in [-0.05, 0) is 38.5 Å². The molecule has 0 N–H and O–H groups in total. The van der Waals surface area contributed by atoms with Crippen LogP contribution in [0, 0.1) is 11.3 Å². The van der Waals surface area contributed by atoms with Crippen LogP contribution < -0.4 is 0 Å². The van der Waals surface area contributed by atoms with Gasteiger partial charge in [0.2, 0.25) is 5.13 Å². The van der Waals surface area contributed by atoms with E-state index in [9.17, 15) is 5.26 Å². The molecule has 0 saturated heterocycles. The largest absolute Gasteiger partial charge is 0.223 e. The van der Waals surface area contributed by atoms with Crippen molar-refractivity contribution < 1.29 is 0 Å². The number of aryl methyl sites for hydroxylation is 2. The SMILES string of the molecule is N#Cc1nnn(-c2nc3c(s2)CCCC3)c1C1CCCCC1. The summed E-state index contributed by atoms with van der Waals surface area (Å²) in [6.07, 6.45) is 10.7. The summed E-state index contributed by atoms with van der Waals surface area (Å²) >= 11 is 1.73. The molecule has 0 bridgehead atoms. The van der Waals surface area contributed by atoms with E-state index in [1.165, 1.54) is 42.7 Å². The molecule has 0 atom stereocenters. The van der Waals surface area contributed by atoms with Crippen LogP contribution in [-0.4, -0.2) is 20.0 Å². The van der Waals surface area contributed by atoms with Crippen molar-refractivity contribution in [3.8, 4) is 11.2 Å². The first-order valence-electron chi connectivity index (χ1n) is 8.21. The summed E-state index contributed by atoms with van der Waals surface area (Å²) in [4.78, 5) is 6.19. The molecule has 2 aliphatic carbocycles. The number of thiazole rings is 1. The van der Waals surface area contributed by atoms with Gasteiger partial charge in [-0.1, -0.05) is 35.8 Å².